The van der Waals surface area contributed by atoms with E-state index in [1.54, 1.807) is 6.92 Å². The van der Waals surface area contributed by atoms with Crippen LogP contribution in [0.1, 0.15) is 20.8 Å². The number of hydrogen-bond donors (Lipinski definition) is 1. The summed E-state index contributed by atoms with van der Waals surface area (Å²) >= 11 is 0. The Hall–Kier alpha value is -1.14. The molecule has 0 amide bonds. The number of para-hydroxylation sites is 1. The summed E-state index contributed by atoms with van der Waals surface area (Å²) in [6, 6.07) is 3.83. The molecule has 0 saturated heterocycles. The maximum absolute atomic E-state index is 13.3. The van der Waals surface area contributed by atoms with Crippen LogP contribution >= 0.6 is 0 Å². The zero-order valence-corrected chi connectivity index (χ0v) is 11.7. The molecule has 0 aliphatic heterocycles. The van der Waals surface area contributed by atoms with Gasteiger partial charge >= 0.3 is 0 Å². The molecule has 1 aromatic carbocycles. The fourth-order valence-electron chi connectivity index (χ4n) is 1.69. The van der Waals surface area contributed by atoms with Crippen LogP contribution in [0.2, 0.25) is 0 Å². The van der Waals surface area contributed by atoms with E-state index in [-0.39, 0.29) is 16.5 Å². The van der Waals surface area contributed by atoms with E-state index in [2.05, 4.69) is 0 Å². The van der Waals surface area contributed by atoms with Crippen molar-refractivity contribution in [2.24, 2.45) is 5.92 Å². The number of hydrogen-bond acceptors (Lipinski definition) is 3. The lowest BCUT2D eigenvalue weighted by Crippen LogP contribution is -2.34. The van der Waals surface area contributed by atoms with Crippen molar-refractivity contribution in [3.63, 3.8) is 0 Å². The van der Waals surface area contributed by atoms with Gasteiger partial charge in [-0.25, -0.2) is 12.8 Å². The van der Waals surface area contributed by atoms with Gasteiger partial charge in [-0.15, -0.1) is 0 Å². The molecule has 2 N–H and O–H groups in total. The summed E-state index contributed by atoms with van der Waals surface area (Å²) in [5.41, 5.74) is 5.19. The molecule has 0 aromatic heterocycles. The summed E-state index contributed by atoms with van der Waals surface area (Å²) in [6.45, 7) is 6.31. The molecule has 18 heavy (non-hydrogen) atoms. The van der Waals surface area contributed by atoms with Crippen molar-refractivity contribution in [2.75, 3.05) is 18.8 Å². The second-order valence-corrected chi connectivity index (χ2v) is 6.41. The monoisotopic (exact) mass is 274 g/mol. The average Bonchev–Trinajstić information content (AvgIpc) is 2.28. The highest BCUT2D eigenvalue weighted by Crippen LogP contribution is 2.24. The van der Waals surface area contributed by atoms with Crippen molar-refractivity contribution < 1.29 is 12.8 Å². The topological polar surface area (TPSA) is 63.4 Å². The molecule has 1 rings (SSSR count). The summed E-state index contributed by atoms with van der Waals surface area (Å²) < 4.78 is 39.3. The first kappa shape index (κ1) is 14.9. The van der Waals surface area contributed by atoms with Crippen LogP contribution in [0.4, 0.5) is 10.1 Å². The normalized spacial score (nSPS) is 12.3. The Kier molecular flexibility index (Phi) is 4.70. The fourth-order valence-corrected chi connectivity index (χ4v) is 3.42. The van der Waals surface area contributed by atoms with Crippen LogP contribution in [-0.2, 0) is 10.0 Å². The Bertz CT molecular complexity index is 515. The van der Waals surface area contributed by atoms with Gasteiger partial charge in [0.05, 0.1) is 5.69 Å². The molecule has 0 fully saturated rings. The van der Waals surface area contributed by atoms with Gasteiger partial charge in [0.2, 0.25) is 10.0 Å². The Labute approximate surface area is 108 Å². The zero-order valence-electron chi connectivity index (χ0n) is 10.9. The van der Waals surface area contributed by atoms with Gasteiger partial charge in [0.15, 0.2) is 0 Å². The van der Waals surface area contributed by atoms with Crippen LogP contribution in [0, 0.1) is 11.7 Å². The van der Waals surface area contributed by atoms with Crippen molar-refractivity contribution in [1.82, 2.24) is 4.31 Å². The molecule has 0 atom stereocenters. The molecule has 4 nitrogen and oxygen atoms in total. The molecule has 0 aliphatic rings. The van der Waals surface area contributed by atoms with Crippen LogP contribution in [0.5, 0.6) is 0 Å². The molecule has 6 heteroatoms. The third-order valence-electron chi connectivity index (χ3n) is 2.55. The number of rotatable bonds is 5. The lowest BCUT2D eigenvalue weighted by molar-refractivity contribution is 0.381. The van der Waals surface area contributed by atoms with E-state index in [1.165, 1.54) is 16.4 Å². The van der Waals surface area contributed by atoms with E-state index in [4.69, 9.17) is 5.73 Å². The first-order valence-corrected chi connectivity index (χ1v) is 7.28. The molecule has 0 aliphatic carbocycles. The number of sulfonamides is 1. The van der Waals surface area contributed by atoms with Gasteiger partial charge in [0.25, 0.3) is 0 Å². The Morgan fingerprint density at radius 3 is 2.50 bits per heavy atom. The van der Waals surface area contributed by atoms with Gasteiger partial charge in [-0.05, 0) is 18.1 Å². The molecule has 0 radical (unpaired) electrons. The van der Waals surface area contributed by atoms with Gasteiger partial charge < -0.3 is 5.73 Å². The highest BCUT2D eigenvalue weighted by atomic mass is 32.2. The summed E-state index contributed by atoms with van der Waals surface area (Å²) in [7, 11) is -3.73. The van der Waals surface area contributed by atoms with Crippen LogP contribution in [0.25, 0.3) is 0 Å². The van der Waals surface area contributed by atoms with Gasteiger partial charge in [-0.2, -0.15) is 4.31 Å². The molecular weight excluding hydrogens is 255 g/mol. The van der Waals surface area contributed by atoms with Crippen LogP contribution in [0.3, 0.4) is 0 Å². The minimum atomic E-state index is -3.73. The van der Waals surface area contributed by atoms with Gasteiger partial charge in [-0.1, -0.05) is 26.8 Å². The summed E-state index contributed by atoms with van der Waals surface area (Å²) in [5.74, 6) is -0.522. The Morgan fingerprint density at radius 1 is 1.39 bits per heavy atom. The number of halogens is 1. The minimum absolute atomic E-state index is 0.162. The van der Waals surface area contributed by atoms with E-state index in [0.29, 0.717) is 13.1 Å². The predicted octanol–water partition coefficient (Wildman–Crippen LogP) is 2.07. The van der Waals surface area contributed by atoms with Crippen molar-refractivity contribution in [3.8, 4) is 0 Å². The van der Waals surface area contributed by atoms with E-state index in [9.17, 15) is 12.8 Å². The molecule has 0 bridgehead atoms. The van der Waals surface area contributed by atoms with Crippen molar-refractivity contribution >= 4 is 15.7 Å². The van der Waals surface area contributed by atoms with Gasteiger partial charge in [0.1, 0.15) is 10.7 Å². The van der Waals surface area contributed by atoms with Crippen molar-refractivity contribution in [3.05, 3.63) is 24.0 Å². The number of benzene rings is 1. The predicted molar refractivity (Wildman–Crippen MR) is 70.1 cm³/mol. The van der Waals surface area contributed by atoms with Crippen molar-refractivity contribution in [1.29, 1.82) is 0 Å². The molecule has 0 heterocycles. The largest absolute Gasteiger partial charge is 0.395 e. The van der Waals surface area contributed by atoms with Crippen LogP contribution in [0.15, 0.2) is 23.1 Å². The fraction of sp³-hybridized carbons (Fsp3) is 0.500. The van der Waals surface area contributed by atoms with Crippen LogP contribution in [-0.4, -0.2) is 25.8 Å². The van der Waals surface area contributed by atoms with E-state index < -0.39 is 15.8 Å². The quantitative estimate of drug-likeness (QED) is 0.836. The molecule has 1 aromatic rings. The van der Waals surface area contributed by atoms with Crippen LogP contribution < -0.4 is 5.73 Å². The lowest BCUT2D eigenvalue weighted by Gasteiger charge is -2.23. The summed E-state index contributed by atoms with van der Waals surface area (Å²) in [5, 5.41) is 0. The maximum Gasteiger partial charge on any atom is 0.245 e. The van der Waals surface area contributed by atoms with E-state index in [1.807, 2.05) is 13.8 Å². The first-order valence-electron chi connectivity index (χ1n) is 5.84. The lowest BCUT2D eigenvalue weighted by atomic mass is 10.2. The Morgan fingerprint density at radius 2 is 2.00 bits per heavy atom. The van der Waals surface area contributed by atoms with Gasteiger partial charge in [-0.3, -0.25) is 0 Å². The standard InChI is InChI=1S/C12H19FN2O2S/c1-4-15(8-9(2)3)18(16,17)11-7-5-6-10(13)12(11)14/h5-7,9H,4,8,14H2,1-3H3. The van der Waals surface area contributed by atoms with Crippen molar-refractivity contribution in [2.45, 2.75) is 25.7 Å². The first-order chi connectivity index (χ1) is 8.30. The highest BCUT2D eigenvalue weighted by Gasteiger charge is 2.26. The smallest absolute Gasteiger partial charge is 0.245 e. The SMILES string of the molecule is CCN(CC(C)C)S(=O)(=O)c1cccc(F)c1N. The third-order valence-corrected chi connectivity index (χ3v) is 4.55. The third kappa shape index (κ3) is 3.00. The molecule has 0 unspecified atom stereocenters. The average molecular weight is 274 g/mol. The number of nitrogen functional groups attached to an aromatic ring is 1. The molecular formula is C12H19FN2O2S. The van der Waals surface area contributed by atoms with Gasteiger partial charge in [0, 0.05) is 13.1 Å². The van der Waals surface area contributed by atoms with E-state index in [0.717, 1.165) is 6.07 Å². The number of anilines is 1. The second kappa shape index (κ2) is 5.67. The molecule has 0 spiro atoms. The molecule has 0 saturated carbocycles. The number of nitrogens with zero attached hydrogens (tertiary/aromatic N) is 1. The highest BCUT2D eigenvalue weighted by molar-refractivity contribution is 7.89. The van der Waals surface area contributed by atoms with E-state index >= 15 is 0 Å². The summed E-state index contributed by atoms with van der Waals surface area (Å²) in [4.78, 5) is -0.162. The minimum Gasteiger partial charge on any atom is -0.395 e. The summed E-state index contributed by atoms with van der Waals surface area (Å²) in [6.07, 6.45) is 0. The second-order valence-electron chi connectivity index (χ2n) is 4.50. The maximum atomic E-state index is 13.3. The number of nitrogens with two attached hydrogens (primary N) is 1. The Balaban J connectivity index is 3.23. The molecule has 102 valence electrons. The zero-order chi connectivity index (χ0) is 13.9.